The zero-order chi connectivity index (χ0) is 38.2. The Morgan fingerprint density at radius 2 is 1.56 bits per heavy atom. The van der Waals surface area contributed by atoms with Crippen molar-refractivity contribution >= 4 is 57.6 Å². The van der Waals surface area contributed by atoms with E-state index in [1.165, 1.54) is 11.5 Å². The number of fused-ring (bicyclic) bond motifs is 1. The van der Waals surface area contributed by atoms with Crippen LogP contribution in [0.15, 0.2) is 124 Å². The molecule has 4 heterocycles. The van der Waals surface area contributed by atoms with Crippen molar-refractivity contribution in [1.29, 1.82) is 0 Å². The highest BCUT2D eigenvalue weighted by molar-refractivity contribution is 8.00. The minimum absolute atomic E-state index is 0.00107. The summed E-state index contributed by atoms with van der Waals surface area (Å²) >= 11 is 2.18. The van der Waals surface area contributed by atoms with Crippen LogP contribution >= 0.6 is 23.1 Å². The summed E-state index contributed by atoms with van der Waals surface area (Å²) < 4.78 is 38.3. The molecule has 3 aliphatic heterocycles. The molecule has 0 spiro atoms. The number of thioether (sulfide) groups is 1. The molecule has 3 amide bonds. The van der Waals surface area contributed by atoms with Crippen LogP contribution in [0.25, 0.3) is 0 Å². The fraction of sp³-hybridized carbons (Fsp3) is 0.189. The number of rotatable bonds is 11. The van der Waals surface area contributed by atoms with Crippen molar-refractivity contribution in [3.63, 3.8) is 0 Å². The maximum Gasteiger partial charge on any atom is 0.406 e. The van der Waals surface area contributed by atoms with Gasteiger partial charge in [0, 0.05) is 33.4 Å². The van der Waals surface area contributed by atoms with Gasteiger partial charge >= 0.3 is 12.1 Å². The molecule has 2 fully saturated rings. The number of carboxylic acid groups (broad SMARTS) is 1. The zero-order valence-electron chi connectivity index (χ0n) is 27.9. The first kappa shape index (κ1) is 36.4. The molecule has 0 saturated carbocycles. The number of nitrogens with one attached hydrogen (secondary N) is 1. The Bertz CT molecular complexity index is 2120. The van der Waals surface area contributed by atoms with E-state index < -0.39 is 59.1 Å². The molecule has 3 aromatic carbocycles. The highest BCUT2D eigenvalue weighted by Gasteiger charge is 2.54. The molecule has 4 N–H and O–H groups in total. The van der Waals surface area contributed by atoms with Crippen LogP contribution in [0.1, 0.15) is 22.4 Å². The van der Waals surface area contributed by atoms with Crippen molar-refractivity contribution < 1.29 is 42.3 Å². The number of hydrogen-bond acceptors (Lipinski definition) is 10. The second-order valence-corrected chi connectivity index (χ2v) is 14.4. The number of carboxylic acids is 1. The van der Waals surface area contributed by atoms with E-state index >= 15 is 0 Å². The normalized spacial score (nSPS) is 19.6. The molecule has 0 radical (unpaired) electrons. The first-order chi connectivity index (χ1) is 25.9. The van der Waals surface area contributed by atoms with E-state index in [1.54, 1.807) is 0 Å². The van der Waals surface area contributed by atoms with Crippen molar-refractivity contribution in [2.75, 3.05) is 24.6 Å². The summed E-state index contributed by atoms with van der Waals surface area (Å²) in [6.45, 7) is -1.74. The van der Waals surface area contributed by atoms with Gasteiger partial charge in [-0.15, -0.1) is 23.1 Å². The van der Waals surface area contributed by atoms with E-state index in [1.807, 2.05) is 91.0 Å². The number of nitrogens with two attached hydrogens (primary N) is 1. The topological polar surface area (TPSA) is 168 Å². The lowest BCUT2D eigenvalue weighted by molar-refractivity contribution is -0.164. The highest BCUT2D eigenvalue weighted by atomic mass is 32.2. The number of carbonyl (C=O) groups is 4. The Morgan fingerprint density at radius 1 is 0.981 bits per heavy atom. The Kier molecular flexibility index (Phi) is 9.76. The molecule has 0 bridgehead atoms. The smallest absolute Gasteiger partial charge is 0.406 e. The van der Waals surface area contributed by atoms with Gasteiger partial charge in [0.25, 0.3) is 17.7 Å². The second kappa shape index (κ2) is 14.5. The van der Waals surface area contributed by atoms with Gasteiger partial charge in [-0.2, -0.15) is 13.2 Å². The first-order valence-electron chi connectivity index (χ1n) is 16.3. The second-order valence-electron chi connectivity index (χ2n) is 12.4. The minimum atomic E-state index is -4.58. The van der Waals surface area contributed by atoms with Crippen LogP contribution in [-0.2, 0) is 29.6 Å². The van der Waals surface area contributed by atoms with Crippen molar-refractivity contribution in [3.05, 3.63) is 142 Å². The number of alkyl halides is 3. The van der Waals surface area contributed by atoms with Gasteiger partial charge in [0.1, 0.15) is 29.4 Å². The lowest BCUT2D eigenvalue weighted by atomic mass is 9.80. The van der Waals surface area contributed by atoms with Crippen molar-refractivity contribution in [2.45, 2.75) is 23.2 Å². The van der Waals surface area contributed by atoms with Crippen molar-refractivity contribution in [1.82, 2.24) is 20.1 Å². The average molecular weight is 775 g/mol. The summed E-state index contributed by atoms with van der Waals surface area (Å²) in [5.41, 5.74) is 6.10. The third kappa shape index (κ3) is 6.82. The number of thiazole rings is 1. The van der Waals surface area contributed by atoms with Crippen LogP contribution < -0.4 is 11.1 Å². The maximum atomic E-state index is 14.1. The average Bonchev–Trinajstić information content (AvgIpc) is 3.60. The number of nitrogens with zero attached hydrogens (tertiary/aromatic N) is 4. The maximum absolute atomic E-state index is 14.1. The van der Waals surface area contributed by atoms with Crippen LogP contribution in [-0.4, -0.2) is 85.7 Å². The predicted molar refractivity (Wildman–Crippen MR) is 194 cm³/mol. The molecule has 3 aliphatic rings. The number of nitrogen functional groups attached to an aromatic ring is 1. The summed E-state index contributed by atoms with van der Waals surface area (Å²) in [5.74, 6) is -3.95. The number of halogens is 3. The van der Waals surface area contributed by atoms with Gasteiger partial charge in [-0.25, -0.2) is 9.78 Å². The third-order valence-corrected chi connectivity index (χ3v) is 10.9. The lowest BCUT2D eigenvalue weighted by Gasteiger charge is -2.49. The zero-order valence-corrected chi connectivity index (χ0v) is 29.5. The molecule has 4 aromatic rings. The monoisotopic (exact) mass is 774 g/mol. The van der Waals surface area contributed by atoms with Gasteiger partial charge < -0.3 is 25.9 Å². The minimum Gasteiger partial charge on any atom is -0.477 e. The van der Waals surface area contributed by atoms with Crippen LogP contribution in [0, 0.1) is 0 Å². The van der Waals surface area contributed by atoms with E-state index in [0.29, 0.717) is 21.6 Å². The number of aromatic nitrogens is 1. The van der Waals surface area contributed by atoms with Crippen LogP contribution in [0.5, 0.6) is 0 Å². The number of oxime groups is 1. The largest absolute Gasteiger partial charge is 0.477 e. The highest BCUT2D eigenvalue weighted by Crippen LogP contribution is 2.43. The standard InChI is InChI=1S/C37H29F3N6O6S2/c38-36(39,40)20-45-17-21(31(45)48)16-22-18-53-33-28(32(49)46(33)29(22)34(50)51)43-30(47)27(26-19-54-35(41)42-26)44-52-37(23-10-4-1-5-11-23,24-12-6-2-7-13-24)25-14-8-3-9-15-25/h1-16,19,28,33H,17-18,20H2,(H2,41,42)(H,43,47)(H,50,51)/b21-16-,44-27-/t28-,33-/m1/s1. The molecular weight excluding hydrogens is 746 g/mol. The first-order valence-corrected chi connectivity index (χ1v) is 18.2. The van der Waals surface area contributed by atoms with E-state index in [0.717, 1.165) is 28.0 Å². The van der Waals surface area contributed by atoms with Crippen molar-refractivity contribution in [3.8, 4) is 0 Å². The molecule has 54 heavy (non-hydrogen) atoms. The molecule has 17 heteroatoms. The third-order valence-electron chi connectivity index (χ3n) is 8.92. The van der Waals surface area contributed by atoms with E-state index in [9.17, 15) is 37.5 Å². The number of β-lactam (4-membered cyclic amide) rings is 2. The molecular formula is C37H29F3N6O6S2. The van der Waals surface area contributed by atoms with Gasteiger partial charge in [0.2, 0.25) is 5.60 Å². The van der Waals surface area contributed by atoms with E-state index in [2.05, 4.69) is 15.5 Å². The Morgan fingerprint density at radius 3 is 2.04 bits per heavy atom. The number of aliphatic carboxylic acids is 1. The molecule has 12 nitrogen and oxygen atoms in total. The van der Waals surface area contributed by atoms with Gasteiger partial charge in [0.15, 0.2) is 10.8 Å². The summed E-state index contributed by atoms with van der Waals surface area (Å²) in [4.78, 5) is 64.8. The molecule has 1 aromatic heterocycles. The van der Waals surface area contributed by atoms with E-state index in [4.69, 9.17) is 10.6 Å². The van der Waals surface area contributed by atoms with Gasteiger partial charge in [-0.1, -0.05) is 96.2 Å². The van der Waals surface area contributed by atoms with E-state index in [-0.39, 0.29) is 40.0 Å². The fourth-order valence-electron chi connectivity index (χ4n) is 6.47. The number of amides is 3. The number of anilines is 1. The number of likely N-dealkylation sites (tertiary alicyclic amines) is 1. The lowest BCUT2D eigenvalue weighted by Crippen LogP contribution is -2.71. The van der Waals surface area contributed by atoms with Crippen LogP contribution in [0.3, 0.4) is 0 Å². The summed E-state index contributed by atoms with van der Waals surface area (Å²) in [7, 11) is 0. The predicted octanol–water partition coefficient (Wildman–Crippen LogP) is 4.51. The molecule has 2 atom stereocenters. The molecule has 7 rings (SSSR count). The summed E-state index contributed by atoms with van der Waals surface area (Å²) in [6, 6.07) is 26.7. The van der Waals surface area contributed by atoms with Gasteiger partial charge in [-0.05, 0) is 11.6 Å². The fourth-order valence-corrected chi connectivity index (χ4v) is 8.33. The SMILES string of the molecule is Nc1nc(/C(=N/OC(c2ccccc2)(c2ccccc2)c2ccccc2)C(=O)N[C@@H]2C(=O)N3C(C(=O)O)=C(/C=C4/CN(CC(F)(F)F)C4=O)CS[C@H]23)cs1. The Balaban J connectivity index is 1.19. The molecule has 276 valence electrons. The molecule has 0 unspecified atom stereocenters. The number of benzene rings is 3. The number of carbonyl (C=O) groups excluding carboxylic acids is 3. The Labute approximate surface area is 313 Å². The summed E-state index contributed by atoms with van der Waals surface area (Å²) in [5, 5.41) is 18.0. The van der Waals surface area contributed by atoms with Gasteiger partial charge in [0.05, 0.1) is 6.54 Å². The molecule has 2 saturated heterocycles. The number of hydrogen-bond donors (Lipinski definition) is 3. The Hall–Kier alpha value is -5.94. The van der Waals surface area contributed by atoms with Crippen LogP contribution in [0.2, 0.25) is 0 Å². The van der Waals surface area contributed by atoms with Crippen molar-refractivity contribution in [2.24, 2.45) is 5.16 Å². The van der Waals surface area contributed by atoms with Gasteiger partial charge in [-0.3, -0.25) is 19.3 Å². The molecule has 0 aliphatic carbocycles. The quantitative estimate of drug-likeness (QED) is 0.0654. The van der Waals surface area contributed by atoms with Crippen LogP contribution in [0.4, 0.5) is 18.3 Å². The summed E-state index contributed by atoms with van der Waals surface area (Å²) in [6.07, 6.45) is -3.37. The number of allylic oxidation sites excluding steroid dienone is 1.